The molecule has 1 N–H and O–H groups in total. The van der Waals surface area contributed by atoms with Gasteiger partial charge in [-0.3, -0.25) is 9.78 Å². The molecule has 0 aliphatic carbocycles. The molecule has 0 spiro atoms. The van der Waals surface area contributed by atoms with Gasteiger partial charge in [0.2, 0.25) is 5.89 Å². The van der Waals surface area contributed by atoms with Gasteiger partial charge >= 0.3 is 11.8 Å². The first-order valence-corrected chi connectivity index (χ1v) is 15.0. The van der Waals surface area contributed by atoms with Crippen molar-refractivity contribution >= 4 is 22.5 Å². The van der Waals surface area contributed by atoms with Crippen LogP contribution in [0.5, 0.6) is 23.0 Å². The van der Waals surface area contributed by atoms with Crippen LogP contribution in [-0.4, -0.2) is 59.3 Å². The number of carbonyl (C=O) groups is 1. The average molecular weight is 612 g/mol. The Kier molecular flexibility index (Phi) is 9.16. The number of rotatable bonds is 11. The third-order valence-electron chi connectivity index (χ3n) is 7.79. The van der Waals surface area contributed by atoms with E-state index in [1.54, 1.807) is 43.6 Å². The van der Waals surface area contributed by atoms with Gasteiger partial charge in [-0.05, 0) is 98.9 Å². The first kappa shape index (κ1) is 30.0. The second-order valence-electron chi connectivity index (χ2n) is 11.1. The summed E-state index contributed by atoms with van der Waals surface area (Å²) in [5, 5.41) is 11.2. The maximum absolute atomic E-state index is 13.2. The Labute approximate surface area is 260 Å². The molecule has 0 radical (unpaired) electrons. The van der Waals surface area contributed by atoms with Crippen molar-refractivity contribution in [3.05, 3.63) is 84.6 Å². The monoisotopic (exact) mass is 611 g/mol. The number of piperidine rings is 1. The molecule has 11 heteroatoms. The largest absolute Gasteiger partial charge is 0.493 e. The fourth-order valence-electron chi connectivity index (χ4n) is 5.19. The molecule has 1 fully saturated rings. The zero-order valence-electron chi connectivity index (χ0n) is 25.2. The number of hydrogen-bond acceptors (Lipinski definition) is 9. The van der Waals surface area contributed by atoms with Crippen molar-refractivity contribution in [3.8, 4) is 34.5 Å². The van der Waals surface area contributed by atoms with E-state index in [2.05, 4.69) is 32.3 Å². The van der Waals surface area contributed by atoms with Crippen LogP contribution in [0.3, 0.4) is 0 Å². The first-order chi connectivity index (χ1) is 21.9. The Morgan fingerprint density at radius 3 is 2.53 bits per heavy atom. The van der Waals surface area contributed by atoms with Crippen LogP contribution in [-0.2, 0) is 0 Å². The van der Waals surface area contributed by atoms with Crippen LogP contribution in [0.1, 0.15) is 36.9 Å². The van der Waals surface area contributed by atoms with Crippen molar-refractivity contribution in [2.45, 2.75) is 26.2 Å². The Bertz CT molecular complexity index is 1750. The highest BCUT2D eigenvalue weighted by molar-refractivity contribution is 6.01. The predicted octanol–water partition coefficient (Wildman–Crippen LogP) is 6.98. The minimum atomic E-state index is -0.573. The summed E-state index contributed by atoms with van der Waals surface area (Å²) >= 11 is 0. The number of pyridine rings is 1. The third-order valence-corrected chi connectivity index (χ3v) is 7.79. The van der Waals surface area contributed by atoms with E-state index in [0.29, 0.717) is 40.9 Å². The number of hydrogen-bond donors (Lipinski definition) is 1. The molecule has 0 unspecified atom stereocenters. The highest BCUT2D eigenvalue weighted by Gasteiger charge is 2.18. The normalized spacial score (nSPS) is 13.9. The third kappa shape index (κ3) is 7.38. The van der Waals surface area contributed by atoms with E-state index < -0.39 is 5.91 Å². The summed E-state index contributed by atoms with van der Waals surface area (Å²) in [6.07, 6.45) is 5.15. The molecule has 1 amide bonds. The van der Waals surface area contributed by atoms with Gasteiger partial charge in [-0.2, -0.15) is 0 Å². The van der Waals surface area contributed by atoms with Crippen molar-refractivity contribution in [3.63, 3.8) is 0 Å². The average Bonchev–Trinajstić information content (AvgIpc) is 3.56. The van der Waals surface area contributed by atoms with E-state index in [-0.39, 0.29) is 17.6 Å². The van der Waals surface area contributed by atoms with Gasteiger partial charge in [0, 0.05) is 35.4 Å². The smallest absolute Gasteiger partial charge is 0.313 e. The number of ether oxygens (including phenoxy) is 3. The number of benzene rings is 3. The Hall–Kier alpha value is -5.03. The molecule has 1 saturated heterocycles. The molecule has 3 heterocycles. The van der Waals surface area contributed by atoms with E-state index in [9.17, 15) is 9.18 Å². The first-order valence-electron chi connectivity index (χ1n) is 15.0. The second kappa shape index (κ2) is 13.7. The lowest BCUT2D eigenvalue weighted by Gasteiger charge is -2.30. The molecule has 0 atom stereocenters. The molecule has 5 aromatic rings. The number of methoxy groups -OCH3 is 1. The van der Waals surface area contributed by atoms with Gasteiger partial charge in [0.1, 0.15) is 17.3 Å². The van der Waals surface area contributed by atoms with Crippen molar-refractivity contribution in [2.75, 3.05) is 38.7 Å². The molecule has 10 nitrogen and oxygen atoms in total. The maximum atomic E-state index is 13.2. The van der Waals surface area contributed by atoms with Crippen LogP contribution < -0.4 is 19.5 Å². The number of fused-ring (bicyclic) bond motifs is 1. The minimum Gasteiger partial charge on any atom is -0.493 e. The quantitative estimate of drug-likeness (QED) is 0.158. The van der Waals surface area contributed by atoms with Crippen molar-refractivity contribution in [2.24, 2.45) is 5.92 Å². The molecule has 0 saturated carbocycles. The number of halogens is 1. The van der Waals surface area contributed by atoms with Crippen LogP contribution >= 0.6 is 0 Å². The molecule has 45 heavy (non-hydrogen) atoms. The summed E-state index contributed by atoms with van der Waals surface area (Å²) in [5.74, 6) is 2.17. The fourth-order valence-corrected chi connectivity index (χ4v) is 5.19. The highest BCUT2D eigenvalue weighted by atomic mass is 19.1. The summed E-state index contributed by atoms with van der Waals surface area (Å²) in [5.41, 5.74) is 1.73. The Balaban J connectivity index is 1.07. The van der Waals surface area contributed by atoms with E-state index in [4.69, 9.17) is 18.6 Å². The molecule has 2 aromatic heterocycles. The Morgan fingerprint density at radius 2 is 1.78 bits per heavy atom. The van der Waals surface area contributed by atoms with Crippen molar-refractivity contribution < 1.29 is 27.8 Å². The summed E-state index contributed by atoms with van der Waals surface area (Å²) in [6, 6.07) is 17.9. The minimum absolute atomic E-state index is 0.117. The lowest BCUT2D eigenvalue weighted by atomic mass is 9.99. The van der Waals surface area contributed by atoms with Crippen LogP contribution in [0.4, 0.5) is 10.1 Å². The number of nitrogens with one attached hydrogen (secondary N) is 1. The van der Waals surface area contributed by atoms with Gasteiger partial charge in [-0.1, -0.05) is 6.92 Å². The number of anilines is 1. The molecular formula is C34H34FN5O5. The molecule has 6 rings (SSSR count). The standard InChI is InChI=1S/C34H34FN5O5/c1-22-13-17-40(18-14-22)16-3-19-43-31-21-28-27(20-30(31)42-2)29(12-15-36-28)44-26-10-8-25(9-11-26)37-32(41)34-39-38-33(45-34)23-4-6-24(35)7-5-23/h4-12,15,20-22H,3,13-14,16-19H2,1-2H3,(H,37,41). The van der Waals surface area contributed by atoms with Gasteiger partial charge < -0.3 is 28.8 Å². The van der Waals surface area contributed by atoms with E-state index >= 15 is 0 Å². The zero-order chi connectivity index (χ0) is 31.2. The van der Waals surface area contributed by atoms with Crippen LogP contribution in [0.15, 0.2) is 77.3 Å². The number of nitrogens with zero attached hydrogens (tertiary/aromatic N) is 4. The summed E-state index contributed by atoms with van der Waals surface area (Å²) in [4.78, 5) is 19.7. The number of carbonyl (C=O) groups excluding carboxylic acids is 1. The molecule has 1 aliphatic rings. The van der Waals surface area contributed by atoms with Gasteiger partial charge in [-0.25, -0.2) is 4.39 Å². The van der Waals surface area contributed by atoms with E-state index in [1.165, 1.54) is 37.1 Å². The lowest BCUT2D eigenvalue weighted by Crippen LogP contribution is -2.34. The van der Waals surface area contributed by atoms with Crippen LogP contribution in [0, 0.1) is 11.7 Å². The maximum Gasteiger partial charge on any atom is 0.313 e. The molecule has 3 aromatic carbocycles. The van der Waals surface area contributed by atoms with Gasteiger partial charge in [0.25, 0.3) is 0 Å². The lowest BCUT2D eigenvalue weighted by molar-refractivity contribution is 0.0991. The zero-order valence-corrected chi connectivity index (χ0v) is 25.2. The second-order valence-corrected chi connectivity index (χ2v) is 11.1. The van der Waals surface area contributed by atoms with E-state index in [1.807, 2.05) is 12.1 Å². The van der Waals surface area contributed by atoms with Crippen LogP contribution in [0.2, 0.25) is 0 Å². The predicted molar refractivity (Wildman–Crippen MR) is 167 cm³/mol. The Morgan fingerprint density at radius 1 is 1.00 bits per heavy atom. The van der Waals surface area contributed by atoms with Crippen molar-refractivity contribution in [1.82, 2.24) is 20.1 Å². The summed E-state index contributed by atoms with van der Waals surface area (Å²) in [6.45, 7) is 6.26. The number of likely N-dealkylation sites (tertiary alicyclic amines) is 1. The number of amides is 1. The van der Waals surface area contributed by atoms with Crippen LogP contribution in [0.25, 0.3) is 22.4 Å². The molecule has 0 bridgehead atoms. The molecule has 232 valence electrons. The molecule has 1 aliphatic heterocycles. The summed E-state index contributed by atoms with van der Waals surface area (Å²) in [7, 11) is 1.62. The highest BCUT2D eigenvalue weighted by Crippen LogP contribution is 2.37. The number of aromatic nitrogens is 3. The topological polar surface area (TPSA) is 112 Å². The summed E-state index contributed by atoms with van der Waals surface area (Å²) < 4.78 is 36.6. The van der Waals surface area contributed by atoms with Gasteiger partial charge in [0.05, 0.1) is 19.2 Å². The van der Waals surface area contributed by atoms with Crippen molar-refractivity contribution in [1.29, 1.82) is 0 Å². The van der Waals surface area contributed by atoms with E-state index in [0.717, 1.165) is 42.9 Å². The SMILES string of the molecule is COc1cc2c(Oc3ccc(NC(=O)c4nnc(-c5ccc(F)cc5)o4)cc3)ccnc2cc1OCCCN1CCC(C)CC1. The van der Waals surface area contributed by atoms with Gasteiger partial charge in [-0.15, -0.1) is 10.2 Å². The molecular weight excluding hydrogens is 577 g/mol. The fraction of sp³-hybridized carbons (Fsp3) is 0.294. The van der Waals surface area contributed by atoms with Gasteiger partial charge in [0.15, 0.2) is 11.5 Å².